The second-order valence-corrected chi connectivity index (χ2v) is 11.2. The molecule has 2 atom stereocenters. The number of aliphatic hydroxyl groups excluding tert-OH is 1. The predicted octanol–water partition coefficient (Wildman–Crippen LogP) is 2.41. The van der Waals surface area contributed by atoms with E-state index >= 15 is 0 Å². The first kappa shape index (κ1) is 23.8. The topological polar surface area (TPSA) is 90.4 Å². The Morgan fingerprint density at radius 2 is 1.75 bits per heavy atom. The zero-order valence-electron chi connectivity index (χ0n) is 18.2. The molecule has 1 aliphatic carbocycles. The maximum atomic E-state index is 13.6. The number of nitrogens with zero attached hydrogens (tertiary/aromatic N) is 3. The number of piperidine rings is 1. The van der Waals surface area contributed by atoms with Crippen molar-refractivity contribution in [1.82, 2.24) is 14.1 Å². The van der Waals surface area contributed by atoms with Crippen molar-refractivity contribution < 1.29 is 23.1 Å². The van der Waals surface area contributed by atoms with E-state index in [-0.39, 0.29) is 30.2 Å². The van der Waals surface area contributed by atoms with Crippen LogP contribution in [0.4, 0.5) is 4.79 Å². The molecule has 178 valence electrons. The van der Waals surface area contributed by atoms with Gasteiger partial charge in [-0.1, -0.05) is 18.0 Å². The summed E-state index contributed by atoms with van der Waals surface area (Å²) in [5, 5.41) is 9.56. The first-order valence-corrected chi connectivity index (χ1v) is 13.3. The Hall–Kier alpha value is -1.39. The van der Waals surface area contributed by atoms with Crippen molar-refractivity contribution in [1.29, 1.82) is 0 Å². The second kappa shape index (κ2) is 10.3. The summed E-state index contributed by atoms with van der Waals surface area (Å²) in [7, 11) is -3.73. The number of carbonyl (C=O) groups excluding carboxylic acids is 1. The summed E-state index contributed by atoms with van der Waals surface area (Å²) < 4.78 is 34.5. The van der Waals surface area contributed by atoms with E-state index in [1.165, 1.54) is 0 Å². The Balaban J connectivity index is 1.44. The number of β-amino-alcohol motifs (C(OH)–C–C–N with tert-alkyl or cyclic N) is 1. The van der Waals surface area contributed by atoms with Crippen LogP contribution in [0.15, 0.2) is 29.2 Å². The lowest BCUT2D eigenvalue weighted by Gasteiger charge is -2.41. The molecule has 0 radical (unpaired) electrons. The number of amides is 1. The predicted molar refractivity (Wildman–Crippen MR) is 121 cm³/mol. The number of benzene rings is 1. The summed E-state index contributed by atoms with van der Waals surface area (Å²) in [6.45, 7) is 3.24. The molecular formula is C22H32ClN3O5S. The highest BCUT2D eigenvalue weighted by atomic mass is 35.5. The highest BCUT2D eigenvalue weighted by molar-refractivity contribution is 7.89. The molecule has 10 heteroatoms. The Kier molecular flexibility index (Phi) is 7.62. The molecule has 8 nitrogen and oxygen atoms in total. The molecule has 0 unspecified atom stereocenters. The number of halogens is 1. The summed E-state index contributed by atoms with van der Waals surface area (Å²) in [6, 6.07) is 5.87. The molecule has 1 aromatic carbocycles. The molecule has 1 N–H and O–H groups in total. The highest BCUT2D eigenvalue weighted by Crippen LogP contribution is 2.43. The maximum absolute atomic E-state index is 13.6. The van der Waals surface area contributed by atoms with Gasteiger partial charge in [-0.05, 0) is 55.9 Å². The van der Waals surface area contributed by atoms with Crippen LogP contribution in [-0.2, 0) is 14.8 Å². The van der Waals surface area contributed by atoms with E-state index in [0.29, 0.717) is 50.1 Å². The van der Waals surface area contributed by atoms with Crippen molar-refractivity contribution >= 4 is 27.7 Å². The van der Waals surface area contributed by atoms with Crippen molar-refractivity contribution in [3.63, 3.8) is 0 Å². The minimum atomic E-state index is -3.73. The van der Waals surface area contributed by atoms with Gasteiger partial charge in [0.1, 0.15) is 6.61 Å². The van der Waals surface area contributed by atoms with Crippen LogP contribution < -0.4 is 0 Å². The van der Waals surface area contributed by atoms with E-state index in [0.717, 1.165) is 25.7 Å². The van der Waals surface area contributed by atoms with Gasteiger partial charge in [-0.15, -0.1) is 0 Å². The standard InChI is InChI=1S/C22H32ClN3O5S/c23-18-6-8-20(9-7-18)32(29,30)26-19(2-1-3-21(26)17-4-5-17)16-31-22(28)25-12-10-24(11-13-25)14-15-27/h6-9,17,19,21,27H,1-5,10-16H2/t19-,21+/m0/s1. The van der Waals surface area contributed by atoms with Crippen LogP contribution in [0.1, 0.15) is 32.1 Å². The van der Waals surface area contributed by atoms with Gasteiger partial charge in [0.15, 0.2) is 0 Å². The monoisotopic (exact) mass is 485 g/mol. The van der Waals surface area contributed by atoms with Gasteiger partial charge in [0.05, 0.1) is 17.5 Å². The largest absolute Gasteiger partial charge is 0.448 e. The Morgan fingerprint density at radius 3 is 2.38 bits per heavy atom. The molecule has 0 aromatic heterocycles. The van der Waals surface area contributed by atoms with Gasteiger partial charge in [-0.3, -0.25) is 4.90 Å². The van der Waals surface area contributed by atoms with Gasteiger partial charge in [0, 0.05) is 43.8 Å². The van der Waals surface area contributed by atoms with Crippen LogP contribution in [-0.4, -0.2) is 91.7 Å². The number of carbonyl (C=O) groups is 1. The van der Waals surface area contributed by atoms with Crippen molar-refractivity contribution in [2.45, 2.75) is 49.1 Å². The van der Waals surface area contributed by atoms with Crippen molar-refractivity contribution in [2.75, 3.05) is 45.9 Å². The second-order valence-electron chi connectivity index (χ2n) is 8.91. The van der Waals surface area contributed by atoms with E-state index in [9.17, 15) is 13.2 Å². The minimum Gasteiger partial charge on any atom is -0.448 e. The third-order valence-electron chi connectivity index (χ3n) is 6.73. The average Bonchev–Trinajstić information content (AvgIpc) is 3.63. The Bertz CT molecular complexity index is 885. The summed E-state index contributed by atoms with van der Waals surface area (Å²) in [6.07, 6.45) is 4.13. The Labute approximate surface area is 195 Å². The minimum absolute atomic E-state index is 0.0462. The number of ether oxygens (including phenoxy) is 1. The molecule has 0 bridgehead atoms. The summed E-state index contributed by atoms with van der Waals surface area (Å²) >= 11 is 5.96. The molecule has 32 heavy (non-hydrogen) atoms. The van der Waals surface area contributed by atoms with Crippen LogP contribution in [0, 0.1) is 5.92 Å². The number of sulfonamides is 1. The smallest absolute Gasteiger partial charge is 0.409 e. The number of rotatable bonds is 7. The van der Waals surface area contributed by atoms with Gasteiger partial charge >= 0.3 is 6.09 Å². The first-order chi connectivity index (χ1) is 15.4. The normalized spacial score (nSPS) is 25.6. The van der Waals surface area contributed by atoms with Crippen LogP contribution in [0.2, 0.25) is 5.02 Å². The fourth-order valence-corrected chi connectivity index (χ4v) is 6.87. The van der Waals surface area contributed by atoms with E-state index in [2.05, 4.69) is 4.90 Å². The quantitative estimate of drug-likeness (QED) is 0.637. The van der Waals surface area contributed by atoms with Crippen LogP contribution in [0.5, 0.6) is 0 Å². The van der Waals surface area contributed by atoms with Crippen LogP contribution >= 0.6 is 11.6 Å². The van der Waals surface area contributed by atoms with Gasteiger partial charge in [0.25, 0.3) is 0 Å². The fourth-order valence-electron chi connectivity index (χ4n) is 4.83. The van der Waals surface area contributed by atoms with Gasteiger partial charge < -0.3 is 14.7 Å². The molecule has 1 saturated carbocycles. The van der Waals surface area contributed by atoms with E-state index < -0.39 is 16.1 Å². The molecule has 1 amide bonds. The van der Waals surface area contributed by atoms with Gasteiger partial charge in [-0.2, -0.15) is 4.31 Å². The summed E-state index contributed by atoms with van der Waals surface area (Å²) in [5.41, 5.74) is 0. The van der Waals surface area contributed by atoms with Gasteiger partial charge in [-0.25, -0.2) is 13.2 Å². The lowest BCUT2D eigenvalue weighted by molar-refractivity contribution is 0.0446. The maximum Gasteiger partial charge on any atom is 0.409 e. The molecule has 2 saturated heterocycles. The third kappa shape index (κ3) is 5.39. The molecule has 3 aliphatic rings. The molecule has 4 rings (SSSR count). The third-order valence-corrected chi connectivity index (χ3v) is 8.97. The first-order valence-electron chi connectivity index (χ1n) is 11.4. The zero-order valence-corrected chi connectivity index (χ0v) is 19.8. The average molecular weight is 486 g/mol. The molecule has 1 aromatic rings. The van der Waals surface area contributed by atoms with E-state index in [1.807, 2.05) is 0 Å². The lowest BCUT2D eigenvalue weighted by atomic mass is 9.96. The number of aliphatic hydroxyl groups is 1. The van der Waals surface area contributed by atoms with Crippen LogP contribution in [0.3, 0.4) is 0 Å². The fraction of sp³-hybridized carbons (Fsp3) is 0.682. The lowest BCUT2D eigenvalue weighted by Crippen LogP contribution is -2.54. The van der Waals surface area contributed by atoms with E-state index in [4.69, 9.17) is 21.4 Å². The molecule has 0 spiro atoms. The number of hydrogen-bond acceptors (Lipinski definition) is 6. The summed E-state index contributed by atoms with van der Waals surface area (Å²) in [5.74, 6) is 0.384. The summed E-state index contributed by atoms with van der Waals surface area (Å²) in [4.78, 5) is 16.6. The van der Waals surface area contributed by atoms with Crippen molar-refractivity contribution in [3.05, 3.63) is 29.3 Å². The number of piperazine rings is 1. The van der Waals surface area contributed by atoms with Crippen LogP contribution in [0.25, 0.3) is 0 Å². The molecule has 2 aliphatic heterocycles. The highest BCUT2D eigenvalue weighted by Gasteiger charge is 2.46. The van der Waals surface area contributed by atoms with Crippen molar-refractivity contribution in [2.24, 2.45) is 5.92 Å². The molecule has 3 fully saturated rings. The molecule has 2 heterocycles. The Morgan fingerprint density at radius 1 is 1.06 bits per heavy atom. The van der Waals surface area contributed by atoms with Crippen molar-refractivity contribution in [3.8, 4) is 0 Å². The van der Waals surface area contributed by atoms with Gasteiger partial charge in [0.2, 0.25) is 10.0 Å². The molecular weight excluding hydrogens is 454 g/mol. The zero-order chi connectivity index (χ0) is 22.7. The van der Waals surface area contributed by atoms with E-state index in [1.54, 1.807) is 33.5 Å². The number of hydrogen-bond donors (Lipinski definition) is 1. The SMILES string of the molecule is O=C(OC[C@@H]1CCC[C@H](C2CC2)N1S(=O)(=O)c1ccc(Cl)cc1)N1CCN(CCO)CC1.